The Hall–Kier alpha value is -5.20. The fourth-order valence-corrected chi connectivity index (χ4v) is 6.23. The van der Waals surface area contributed by atoms with E-state index >= 15 is 4.39 Å². The predicted octanol–water partition coefficient (Wildman–Crippen LogP) is 2.81. The van der Waals surface area contributed by atoms with Crippen molar-refractivity contribution in [3.8, 4) is 23.2 Å². The van der Waals surface area contributed by atoms with E-state index in [1.165, 1.54) is 23.1 Å². The number of carbonyl (C=O) groups excluding carboxylic acids is 1. The number of alkyl halides is 1. The lowest BCUT2D eigenvalue weighted by atomic mass is 10.0. The van der Waals surface area contributed by atoms with Crippen molar-refractivity contribution in [1.82, 2.24) is 40.2 Å². The van der Waals surface area contributed by atoms with Gasteiger partial charge in [-0.3, -0.25) is 9.69 Å². The van der Waals surface area contributed by atoms with Crippen molar-refractivity contribution in [2.24, 2.45) is 0 Å². The first-order chi connectivity index (χ1) is 22.9. The smallest absolute Gasteiger partial charge is 0.276 e. The third-order valence-corrected chi connectivity index (χ3v) is 8.87. The number of halogens is 1. The first-order valence-electron chi connectivity index (χ1n) is 15.6. The van der Waals surface area contributed by atoms with Crippen LogP contribution >= 0.6 is 0 Å². The average molecular weight is 640 g/mol. The van der Waals surface area contributed by atoms with E-state index in [1.54, 1.807) is 18.2 Å². The first kappa shape index (κ1) is 30.5. The molecule has 5 heterocycles. The van der Waals surface area contributed by atoms with Crippen molar-refractivity contribution in [2.75, 3.05) is 56.2 Å². The fraction of sp³-hybridized carbons (Fsp3) is 0.406. The Labute approximate surface area is 270 Å². The van der Waals surface area contributed by atoms with Crippen LogP contribution in [-0.4, -0.2) is 116 Å². The number of aromatic nitrogens is 6. The Kier molecular flexibility index (Phi) is 8.60. The van der Waals surface area contributed by atoms with E-state index in [4.69, 9.17) is 9.47 Å². The molecule has 14 nitrogen and oxygen atoms in total. The summed E-state index contributed by atoms with van der Waals surface area (Å²) in [6.45, 7) is 7.04. The lowest BCUT2D eigenvalue weighted by Gasteiger charge is -2.47. The van der Waals surface area contributed by atoms with Crippen LogP contribution in [0.2, 0.25) is 0 Å². The van der Waals surface area contributed by atoms with Gasteiger partial charge in [0.15, 0.2) is 17.7 Å². The zero-order chi connectivity index (χ0) is 32.3. The Morgan fingerprint density at radius 3 is 2.68 bits per heavy atom. The highest BCUT2D eigenvalue weighted by Gasteiger charge is 2.35. The van der Waals surface area contributed by atoms with Crippen LogP contribution in [0, 0.1) is 11.3 Å². The highest BCUT2D eigenvalue weighted by atomic mass is 19.1. The molecule has 4 aromatic rings. The van der Waals surface area contributed by atoms with E-state index in [9.17, 15) is 10.1 Å². The molecule has 1 amide bonds. The van der Waals surface area contributed by atoms with Crippen molar-refractivity contribution in [3.05, 3.63) is 66.2 Å². The molecule has 0 radical (unpaired) electrons. The van der Waals surface area contributed by atoms with Gasteiger partial charge in [-0.2, -0.15) is 25.7 Å². The first-order valence-corrected chi connectivity index (χ1v) is 15.6. The monoisotopic (exact) mass is 639 g/mol. The highest BCUT2D eigenvalue weighted by Crippen LogP contribution is 2.29. The molecule has 2 aromatic carbocycles. The predicted molar refractivity (Wildman–Crippen MR) is 169 cm³/mol. The third-order valence-electron chi connectivity index (χ3n) is 8.87. The fourth-order valence-electron chi connectivity index (χ4n) is 6.23. The SMILES string of the molecule is C[C@H]1CN(c2ccc(Nc3ncnc(-c4ccc(O[C@H]5CCN(C(=O)c6cn[nH]n6)C[C@@H]5F)c(C#N)c4)n3)cc2)CCN1C1COC1. The summed E-state index contributed by atoms with van der Waals surface area (Å²) in [5.74, 6) is 0.581. The molecule has 2 aromatic heterocycles. The molecule has 0 bridgehead atoms. The molecule has 0 saturated carbocycles. The Morgan fingerprint density at radius 2 is 1.98 bits per heavy atom. The number of rotatable bonds is 8. The van der Waals surface area contributed by atoms with Gasteiger partial charge in [-0.1, -0.05) is 0 Å². The van der Waals surface area contributed by atoms with Crippen LogP contribution in [0.3, 0.4) is 0 Å². The molecule has 242 valence electrons. The van der Waals surface area contributed by atoms with E-state index in [2.05, 4.69) is 70.6 Å². The van der Waals surface area contributed by atoms with E-state index in [-0.39, 0.29) is 36.5 Å². The molecule has 3 fully saturated rings. The Morgan fingerprint density at radius 1 is 1.13 bits per heavy atom. The summed E-state index contributed by atoms with van der Waals surface area (Å²) in [4.78, 5) is 32.0. The van der Waals surface area contributed by atoms with E-state index < -0.39 is 18.2 Å². The van der Waals surface area contributed by atoms with Gasteiger partial charge in [-0.25, -0.2) is 14.4 Å². The highest BCUT2D eigenvalue weighted by molar-refractivity contribution is 5.92. The minimum Gasteiger partial charge on any atom is -0.486 e. The van der Waals surface area contributed by atoms with Crippen LogP contribution in [0.1, 0.15) is 29.4 Å². The lowest BCUT2D eigenvalue weighted by molar-refractivity contribution is -0.0792. The molecule has 7 rings (SSSR count). The second kappa shape index (κ2) is 13.3. The molecule has 0 spiro atoms. The second-order valence-electron chi connectivity index (χ2n) is 11.9. The van der Waals surface area contributed by atoms with Crippen LogP contribution < -0.4 is 15.0 Å². The van der Waals surface area contributed by atoms with Crippen molar-refractivity contribution >= 4 is 23.2 Å². The van der Waals surface area contributed by atoms with Gasteiger partial charge in [-0.05, 0) is 49.4 Å². The van der Waals surface area contributed by atoms with Gasteiger partial charge in [0.2, 0.25) is 5.95 Å². The van der Waals surface area contributed by atoms with Crippen molar-refractivity contribution in [2.45, 2.75) is 37.7 Å². The normalized spacial score (nSPS) is 21.9. The number of nitrogens with one attached hydrogen (secondary N) is 2. The largest absolute Gasteiger partial charge is 0.486 e. The van der Waals surface area contributed by atoms with E-state index in [1.807, 2.05) is 12.1 Å². The molecule has 47 heavy (non-hydrogen) atoms. The summed E-state index contributed by atoms with van der Waals surface area (Å²) < 4.78 is 26.4. The van der Waals surface area contributed by atoms with Gasteiger partial charge in [-0.15, -0.1) is 0 Å². The molecular weight excluding hydrogens is 605 g/mol. The molecule has 0 unspecified atom stereocenters. The summed E-state index contributed by atoms with van der Waals surface area (Å²) in [7, 11) is 0. The molecule has 2 N–H and O–H groups in total. The molecule has 0 aliphatic carbocycles. The zero-order valence-corrected chi connectivity index (χ0v) is 25.8. The van der Waals surface area contributed by atoms with Gasteiger partial charge in [0.25, 0.3) is 5.91 Å². The van der Waals surface area contributed by atoms with E-state index in [0.29, 0.717) is 29.4 Å². The summed E-state index contributed by atoms with van der Waals surface area (Å²) in [5, 5.41) is 22.9. The number of nitriles is 1. The van der Waals surface area contributed by atoms with Gasteiger partial charge in [0.05, 0.1) is 37.6 Å². The number of piperidine rings is 1. The van der Waals surface area contributed by atoms with Crippen LogP contribution in [-0.2, 0) is 4.74 Å². The number of ether oxygens (including phenoxy) is 2. The molecule has 3 aliphatic rings. The van der Waals surface area contributed by atoms with Crippen LogP contribution in [0.25, 0.3) is 11.4 Å². The number of aromatic amines is 1. The number of piperazine rings is 1. The minimum absolute atomic E-state index is 0.128. The number of H-pyrrole nitrogens is 1. The maximum absolute atomic E-state index is 15.1. The molecular formula is C32H34FN11O3. The molecule has 15 heteroatoms. The van der Waals surface area contributed by atoms with Gasteiger partial charge < -0.3 is 24.6 Å². The Balaban J connectivity index is 0.972. The average Bonchev–Trinajstić information content (AvgIpc) is 3.61. The van der Waals surface area contributed by atoms with E-state index in [0.717, 1.165) is 38.5 Å². The molecule has 3 aliphatic heterocycles. The standard InChI is InChI=1S/C32H34FN11O3/c1-20-15-42(10-11-44(20)25-17-46-18-25)24-5-3-23(4-6-24)38-32-36-19-35-30(39-32)21-2-7-28(22(12-21)13-34)47-29-8-9-43(16-26(29)33)31(45)27-14-37-41-40-27/h2-7,12,14,19-20,25-26,29H,8-11,15-18H2,1H3,(H,37,40,41)(H,35,36,38,39)/t20-,26-,29-/m0/s1. The van der Waals surface area contributed by atoms with Crippen molar-refractivity contribution in [1.29, 1.82) is 5.26 Å². The summed E-state index contributed by atoms with van der Waals surface area (Å²) in [6.07, 6.45) is 0.707. The van der Waals surface area contributed by atoms with Gasteiger partial charge >= 0.3 is 0 Å². The van der Waals surface area contributed by atoms with Crippen LogP contribution in [0.4, 0.5) is 21.7 Å². The maximum atomic E-state index is 15.1. The van der Waals surface area contributed by atoms with Crippen LogP contribution in [0.5, 0.6) is 5.75 Å². The van der Waals surface area contributed by atoms with Gasteiger partial charge in [0, 0.05) is 55.6 Å². The Bertz CT molecular complexity index is 1750. The lowest BCUT2D eigenvalue weighted by Crippen LogP contribution is -2.60. The topological polar surface area (TPSA) is 161 Å². The molecule has 3 atom stereocenters. The number of anilines is 3. The number of carbonyl (C=O) groups is 1. The summed E-state index contributed by atoms with van der Waals surface area (Å²) >= 11 is 0. The quantitative estimate of drug-likeness (QED) is 0.291. The van der Waals surface area contributed by atoms with Crippen molar-refractivity contribution in [3.63, 3.8) is 0 Å². The number of amides is 1. The summed E-state index contributed by atoms with van der Waals surface area (Å²) in [6, 6.07) is 16.3. The third kappa shape index (κ3) is 6.56. The number of likely N-dealkylation sites (tertiary alicyclic amines) is 1. The second-order valence-corrected chi connectivity index (χ2v) is 11.9. The number of hydrogen-bond donors (Lipinski definition) is 2. The maximum Gasteiger partial charge on any atom is 0.276 e. The number of nitrogens with zero attached hydrogens (tertiary/aromatic N) is 9. The van der Waals surface area contributed by atoms with Crippen LogP contribution in [0.15, 0.2) is 55.0 Å². The minimum atomic E-state index is -1.45. The molecule has 3 saturated heterocycles. The van der Waals surface area contributed by atoms with Gasteiger partial charge in [0.1, 0.15) is 24.3 Å². The van der Waals surface area contributed by atoms with Crippen molar-refractivity contribution < 1.29 is 18.7 Å². The number of hydrogen-bond acceptors (Lipinski definition) is 12. The zero-order valence-electron chi connectivity index (χ0n) is 25.8. The number of benzene rings is 2. The summed E-state index contributed by atoms with van der Waals surface area (Å²) in [5.41, 5.74) is 2.93.